The predicted molar refractivity (Wildman–Crippen MR) is 112 cm³/mol. The summed E-state index contributed by atoms with van der Waals surface area (Å²) in [6.07, 6.45) is 12.2. The van der Waals surface area contributed by atoms with Crippen LogP contribution in [0.1, 0.15) is 48.9 Å². The molecule has 142 valence electrons. The molecule has 0 atom stereocenters. The smallest absolute Gasteiger partial charge is 0.140 e. The first-order chi connectivity index (χ1) is 13.8. The van der Waals surface area contributed by atoms with Crippen LogP contribution in [0.4, 0.5) is 5.82 Å². The summed E-state index contributed by atoms with van der Waals surface area (Å²) < 4.78 is 7.27. The Labute approximate surface area is 165 Å². The van der Waals surface area contributed by atoms with Gasteiger partial charge in [-0.05, 0) is 48.7 Å². The van der Waals surface area contributed by atoms with Crippen molar-refractivity contribution in [2.45, 2.75) is 38.1 Å². The van der Waals surface area contributed by atoms with Gasteiger partial charge in [-0.1, -0.05) is 37.5 Å². The van der Waals surface area contributed by atoms with Crippen molar-refractivity contribution in [3.8, 4) is 11.8 Å². The van der Waals surface area contributed by atoms with E-state index in [1.165, 1.54) is 32.1 Å². The van der Waals surface area contributed by atoms with Crippen molar-refractivity contribution in [3.63, 3.8) is 0 Å². The van der Waals surface area contributed by atoms with E-state index in [1.807, 2.05) is 53.1 Å². The molecular weight excluding hydrogens is 348 g/mol. The van der Waals surface area contributed by atoms with Gasteiger partial charge in [0.25, 0.3) is 0 Å². The summed E-state index contributed by atoms with van der Waals surface area (Å²) in [4.78, 5) is 4.77. The second-order valence-electron chi connectivity index (χ2n) is 7.19. The summed E-state index contributed by atoms with van der Waals surface area (Å²) in [5.41, 5.74) is 3.37. The van der Waals surface area contributed by atoms with Gasteiger partial charge in [-0.15, -0.1) is 0 Å². The van der Waals surface area contributed by atoms with Crippen LogP contribution in [0.15, 0.2) is 42.6 Å². The summed E-state index contributed by atoms with van der Waals surface area (Å²) in [6, 6.07) is 14.3. The number of methoxy groups -OCH3 is 1. The largest absolute Gasteiger partial charge is 0.497 e. The van der Waals surface area contributed by atoms with E-state index in [9.17, 15) is 5.26 Å². The molecule has 3 aromatic rings. The van der Waals surface area contributed by atoms with Gasteiger partial charge in [0.2, 0.25) is 0 Å². The molecule has 1 fully saturated rings. The van der Waals surface area contributed by atoms with E-state index in [4.69, 9.17) is 9.72 Å². The lowest BCUT2D eigenvalue weighted by atomic mass is 9.95. The van der Waals surface area contributed by atoms with E-state index in [1.54, 1.807) is 7.11 Å². The second-order valence-corrected chi connectivity index (χ2v) is 7.19. The Bertz CT molecular complexity index is 1020. The molecule has 2 heterocycles. The molecule has 0 bridgehead atoms. The summed E-state index contributed by atoms with van der Waals surface area (Å²) in [7, 11) is 1.67. The Morgan fingerprint density at radius 3 is 2.64 bits per heavy atom. The Morgan fingerprint density at radius 1 is 1.14 bits per heavy atom. The fraction of sp³-hybridized carbons (Fsp3) is 0.304. The number of anilines is 1. The quantitative estimate of drug-likeness (QED) is 0.674. The molecule has 0 radical (unpaired) electrons. The van der Waals surface area contributed by atoms with Gasteiger partial charge in [0.1, 0.15) is 22.9 Å². The average Bonchev–Trinajstić information content (AvgIpc) is 3.09. The Morgan fingerprint density at radius 2 is 1.93 bits per heavy atom. The van der Waals surface area contributed by atoms with E-state index >= 15 is 0 Å². The van der Waals surface area contributed by atoms with Gasteiger partial charge in [0.15, 0.2) is 0 Å². The van der Waals surface area contributed by atoms with E-state index < -0.39 is 0 Å². The number of nitrogens with zero attached hydrogens (tertiary/aromatic N) is 3. The number of hydrogen-bond donors (Lipinski definition) is 1. The highest BCUT2D eigenvalue weighted by Crippen LogP contribution is 2.27. The molecule has 28 heavy (non-hydrogen) atoms. The van der Waals surface area contributed by atoms with Crippen LogP contribution in [-0.2, 0) is 0 Å². The van der Waals surface area contributed by atoms with Crippen molar-refractivity contribution >= 4 is 23.6 Å². The monoisotopic (exact) mass is 372 g/mol. The van der Waals surface area contributed by atoms with E-state index in [0.29, 0.717) is 11.6 Å². The highest BCUT2D eigenvalue weighted by molar-refractivity contribution is 5.76. The highest BCUT2D eigenvalue weighted by atomic mass is 16.5. The number of hydrogen-bond acceptors (Lipinski definition) is 4. The highest BCUT2D eigenvalue weighted by Gasteiger charge is 2.17. The van der Waals surface area contributed by atoms with E-state index in [0.717, 1.165) is 28.5 Å². The minimum atomic E-state index is 0.470. The molecule has 1 saturated carbocycles. The van der Waals surface area contributed by atoms with Crippen LogP contribution in [0.2, 0.25) is 0 Å². The summed E-state index contributed by atoms with van der Waals surface area (Å²) in [6.45, 7) is 0. The molecule has 0 aliphatic heterocycles. The fourth-order valence-corrected chi connectivity index (χ4v) is 3.72. The summed E-state index contributed by atoms with van der Waals surface area (Å²) in [5, 5.41) is 12.9. The maximum Gasteiger partial charge on any atom is 0.140 e. The van der Waals surface area contributed by atoms with E-state index in [-0.39, 0.29) is 0 Å². The normalized spacial score (nSPS) is 15.0. The van der Waals surface area contributed by atoms with Gasteiger partial charge in [-0.25, -0.2) is 4.98 Å². The van der Waals surface area contributed by atoms with Crippen molar-refractivity contribution in [2.75, 3.05) is 12.4 Å². The SMILES string of the molecule is COc1ccc(/C=C/c2nc3cc(C#N)ccn3c2NC2CCCCC2)cc1. The molecule has 5 heteroatoms. The number of nitriles is 1. The molecule has 0 unspecified atom stereocenters. The zero-order chi connectivity index (χ0) is 19.3. The molecule has 0 spiro atoms. The van der Waals surface area contributed by atoms with Gasteiger partial charge in [-0.2, -0.15) is 5.26 Å². The zero-order valence-electron chi connectivity index (χ0n) is 16.1. The predicted octanol–water partition coefficient (Wildman–Crippen LogP) is 5.13. The van der Waals surface area contributed by atoms with Crippen molar-refractivity contribution in [1.29, 1.82) is 5.26 Å². The Hall–Kier alpha value is -3.26. The van der Waals surface area contributed by atoms with Crippen LogP contribution in [0, 0.1) is 11.3 Å². The van der Waals surface area contributed by atoms with Crippen molar-refractivity contribution in [1.82, 2.24) is 9.38 Å². The van der Waals surface area contributed by atoms with Gasteiger partial charge < -0.3 is 10.1 Å². The third kappa shape index (κ3) is 3.86. The first kappa shape index (κ1) is 18.1. The van der Waals surface area contributed by atoms with Crippen LogP contribution in [0.25, 0.3) is 17.8 Å². The van der Waals surface area contributed by atoms with Crippen LogP contribution in [0.5, 0.6) is 5.75 Å². The number of rotatable bonds is 5. The third-order valence-corrected chi connectivity index (χ3v) is 5.28. The summed E-state index contributed by atoms with van der Waals surface area (Å²) in [5.74, 6) is 1.84. The second kappa shape index (κ2) is 8.18. The van der Waals surface area contributed by atoms with Crippen molar-refractivity contribution in [2.24, 2.45) is 0 Å². The molecule has 1 aliphatic carbocycles. The number of benzene rings is 1. The molecule has 1 aromatic carbocycles. The molecule has 0 saturated heterocycles. The van der Waals surface area contributed by atoms with Crippen molar-refractivity contribution in [3.05, 3.63) is 59.4 Å². The third-order valence-electron chi connectivity index (χ3n) is 5.28. The van der Waals surface area contributed by atoms with Gasteiger partial charge in [0, 0.05) is 12.2 Å². The van der Waals surface area contributed by atoms with Crippen LogP contribution >= 0.6 is 0 Å². The number of imidazole rings is 1. The van der Waals surface area contributed by atoms with Gasteiger partial charge >= 0.3 is 0 Å². The Balaban J connectivity index is 1.68. The molecule has 1 aliphatic rings. The number of aromatic nitrogens is 2. The van der Waals surface area contributed by atoms with Crippen molar-refractivity contribution < 1.29 is 4.74 Å². The minimum Gasteiger partial charge on any atom is -0.497 e. The van der Waals surface area contributed by atoms with Gasteiger partial charge in [-0.3, -0.25) is 4.40 Å². The fourth-order valence-electron chi connectivity index (χ4n) is 3.72. The number of fused-ring (bicyclic) bond motifs is 1. The lowest BCUT2D eigenvalue weighted by Crippen LogP contribution is -2.23. The maximum atomic E-state index is 9.20. The minimum absolute atomic E-state index is 0.470. The Kier molecular flexibility index (Phi) is 5.29. The molecule has 0 amide bonds. The molecule has 2 aromatic heterocycles. The lowest BCUT2D eigenvalue weighted by molar-refractivity contribution is 0.415. The first-order valence-corrected chi connectivity index (χ1v) is 9.78. The first-order valence-electron chi connectivity index (χ1n) is 9.78. The summed E-state index contributed by atoms with van der Waals surface area (Å²) >= 11 is 0. The maximum absolute atomic E-state index is 9.20. The zero-order valence-corrected chi connectivity index (χ0v) is 16.1. The van der Waals surface area contributed by atoms with Gasteiger partial charge in [0.05, 0.1) is 18.7 Å². The number of nitrogens with one attached hydrogen (secondary N) is 1. The number of pyridine rings is 1. The molecule has 4 rings (SSSR count). The lowest BCUT2D eigenvalue weighted by Gasteiger charge is -2.23. The van der Waals surface area contributed by atoms with E-state index in [2.05, 4.69) is 17.5 Å². The van der Waals surface area contributed by atoms with Crippen LogP contribution in [0.3, 0.4) is 0 Å². The van der Waals surface area contributed by atoms with Crippen LogP contribution < -0.4 is 10.1 Å². The number of ether oxygens (including phenoxy) is 1. The molecular formula is C23H24N4O. The average molecular weight is 372 g/mol. The molecule has 5 nitrogen and oxygen atoms in total. The topological polar surface area (TPSA) is 62.3 Å². The molecule has 1 N–H and O–H groups in total. The van der Waals surface area contributed by atoms with Crippen LogP contribution in [-0.4, -0.2) is 22.5 Å². The standard InChI is InChI=1S/C23H24N4O/c1-28-20-10-7-17(8-11-20)9-12-21-23(25-19-5-3-2-4-6-19)27-14-13-18(16-24)15-22(27)26-21/h7-15,19,25H,2-6H2,1H3/b12-9+.